The van der Waals surface area contributed by atoms with Crippen molar-refractivity contribution in [3.05, 3.63) is 48.2 Å². The Balaban J connectivity index is 1.69. The minimum atomic E-state index is -0.429. The molecule has 0 unspecified atom stereocenters. The van der Waals surface area contributed by atoms with Gasteiger partial charge >= 0.3 is 0 Å². The predicted octanol–water partition coefficient (Wildman–Crippen LogP) is 2.45. The van der Waals surface area contributed by atoms with Crippen LogP contribution in [0.5, 0.6) is 0 Å². The van der Waals surface area contributed by atoms with Crippen molar-refractivity contribution in [2.24, 2.45) is 5.73 Å². The maximum Gasteiger partial charge on any atom is 0.234 e. The normalized spacial score (nSPS) is 10.7. The van der Waals surface area contributed by atoms with E-state index in [0.29, 0.717) is 23.3 Å². The van der Waals surface area contributed by atoms with Crippen molar-refractivity contribution in [2.75, 3.05) is 11.1 Å². The Bertz CT molecular complexity index is 919. The predicted molar refractivity (Wildman–Crippen MR) is 102 cm³/mol. The second-order valence-corrected chi connectivity index (χ2v) is 6.80. The third kappa shape index (κ3) is 4.98. The number of nitrogens with zero attached hydrogens (tertiary/aromatic N) is 3. The van der Waals surface area contributed by atoms with Crippen LogP contribution in [-0.2, 0) is 16.1 Å². The van der Waals surface area contributed by atoms with E-state index in [2.05, 4.69) is 15.5 Å². The number of primary amides is 1. The van der Waals surface area contributed by atoms with E-state index in [-0.39, 0.29) is 18.1 Å². The van der Waals surface area contributed by atoms with Crippen LogP contribution in [0.25, 0.3) is 11.6 Å². The molecule has 0 aliphatic rings. The summed E-state index contributed by atoms with van der Waals surface area (Å²) in [5.41, 5.74) is 7.11. The van der Waals surface area contributed by atoms with Crippen molar-refractivity contribution in [2.45, 2.75) is 25.0 Å². The second-order valence-electron chi connectivity index (χ2n) is 5.85. The first-order valence-corrected chi connectivity index (χ1v) is 9.26. The Morgan fingerprint density at radius 1 is 1.22 bits per heavy atom. The topological polar surface area (TPSA) is 116 Å². The summed E-state index contributed by atoms with van der Waals surface area (Å²) in [6.45, 7) is 2.29. The monoisotopic (exact) mass is 385 g/mol. The van der Waals surface area contributed by atoms with Gasteiger partial charge in [-0.1, -0.05) is 29.5 Å². The van der Waals surface area contributed by atoms with E-state index in [4.69, 9.17) is 10.2 Å². The standard InChI is InChI=1S/C18H19N5O3S/c1-12-4-6-13(7-5-12)20-16(25)11-27-18-22-21-17(14-3-2-10-26-14)23(18)9-8-15(19)24/h2-7,10H,8-9,11H2,1H3,(H2,19,24)(H,20,25). The molecule has 0 aliphatic carbocycles. The third-order valence-corrected chi connectivity index (χ3v) is 4.67. The molecule has 3 N–H and O–H groups in total. The maximum absolute atomic E-state index is 12.2. The number of hydrogen-bond acceptors (Lipinski definition) is 6. The van der Waals surface area contributed by atoms with Crippen molar-refractivity contribution in [1.29, 1.82) is 0 Å². The summed E-state index contributed by atoms with van der Waals surface area (Å²) in [6, 6.07) is 11.1. The van der Waals surface area contributed by atoms with E-state index >= 15 is 0 Å². The van der Waals surface area contributed by atoms with Gasteiger partial charge < -0.3 is 15.5 Å². The number of anilines is 1. The fourth-order valence-corrected chi connectivity index (χ4v) is 3.14. The number of benzene rings is 1. The van der Waals surface area contributed by atoms with Crippen LogP contribution in [0.1, 0.15) is 12.0 Å². The van der Waals surface area contributed by atoms with Gasteiger partial charge in [-0.3, -0.25) is 14.2 Å². The molecular formula is C18H19N5O3S. The average Bonchev–Trinajstić information content (AvgIpc) is 3.29. The Labute approximate surface area is 160 Å². The van der Waals surface area contributed by atoms with Gasteiger partial charge in [-0.25, -0.2) is 0 Å². The number of hydrogen-bond donors (Lipinski definition) is 2. The highest BCUT2D eigenvalue weighted by atomic mass is 32.2. The van der Waals surface area contributed by atoms with Gasteiger partial charge in [-0.15, -0.1) is 10.2 Å². The van der Waals surface area contributed by atoms with Gasteiger partial charge in [0, 0.05) is 18.7 Å². The van der Waals surface area contributed by atoms with Crippen molar-refractivity contribution in [3.8, 4) is 11.6 Å². The summed E-state index contributed by atoms with van der Waals surface area (Å²) in [6.07, 6.45) is 1.67. The lowest BCUT2D eigenvalue weighted by molar-refractivity contribution is -0.118. The number of carbonyl (C=O) groups is 2. The molecule has 2 aromatic heterocycles. The van der Waals surface area contributed by atoms with Gasteiger partial charge in [0.25, 0.3) is 0 Å². The van der Waals surface area contributed by atoms with Crippen LogP contribution in [0, 0.1) is 6.92 Å². The van der Waals surface area contributed by atoms with Crippen LogP contribution >= 0.6 is 11.8 Å². The molecule has 3 aromatic rings. The highest BCUT2D eigenvalue weighted by Gasteiger charge is 2.18. The second kappa shape index (κ2) is 8.54. The molecule has 0 aliphatic heterocycles. The molecule has 0 saturated carbocycles. The molecule has 8 nitrogen and oxygen atoms in total. The van der Waals surface area contributed by atoms with E-state index in [1.165, 1.54) is 18.0 Å². The van der Waals surface area contributed by atoms with Crippen molar-refractivity contribution in [1.82, 2.24) is 14.8 Å². The summed E-state index contributed by atoms with van der Waals surface area (Å²) in [7, 11) is 0. The van der Waals surface area contributed by atoms with Gasteiger partial charge in [-0.2, -0.15) is 0 Å². The lowest BCUT2D eigenvalue weighted by Crippen LogP contribution is -2.16. The van der Waals surface area contributed by atoms with Gasteiger partial charge in [0.2, 0.25) is 11.8 Å². The number of carbonyl (C=O) groups excluding carboxylic acids is 2. The largest absolute Gasteiger partial charge is 0.461 e. The average molecular weight is 385 g/mol. The molecule has 2 heterocycles. The summed E-state index contributed by atoms with van der Waals surface area (Å²) in [5, 5.41) is 11.6. The Morgan fingerprint density at radius 2 is 2.00 bits per heavy atom. The molecule has 0 atom stereocenters. The highest BCUT2D eigenvalue weighted by Crippen LogP contribution is 2.25. The fraction of sp³-hybridized carbons (Fsp3) is 0.222. The quantitative estimate of drug-likeness (QED) is 0.575. The zero-order valence-corrected chi connectivity index (χ0v) is 15.5. The molecule has 0 saturated heterocycles. The van der Waals surface area contributed by atoms with E-state index in [1.54, 1.807) is 16.7 Å². The minimum Gasteiger partial charge on any atom is -0.461 e. The molecule has 9 heteroatoms. The molecule has 2 amide bonds. The van der Waals surface area contributed by atoms with Crippen LogP contribution in [0.15, 0.2) is 52.2 Å². The molecule has 0 fully saturated rings. The number of thioether (sulfide) groups is 1. The smallest absolute Gasteiger partial charge is 0.234 e. The van der Waals surface area contributed by atoms with Gasteiger partial charge in [0.05, 0.1) is 12.0 Å². The number of aromatic nitrogens is 3. The first kappa shape index (κ1) is 18.7. The van der Waals surface area contributed by atoms with Crippen molar-refractivity contribution in [3.63, 3.8) is 0 Å². The zero-order chi connectivity index (χ0) is 19.2. The van der Waals surface area contributed by atoms with Gasteiger partial charge in [-0.05, 0) is 31.2 Å². The van der Waals surface area contributed by atoms with E-state index in [0.717, 1.165) is 11.3 Å². The van der Waals surface area contributed by atoms with Crippen LogP contribution in [0.2, 0.25) is 0 Å². The molecule has 140 valence electrons. The Kier molecular flexibility index (Phi) is 5.92. The third-order valence-electron chi connectivity index (χ3n) is 3.71. The molecule has 3 rings (SSSR count). The first-order chi connectivity index (χ1) is 13.0. The zero-order valence-electron chi connectivity index (χ0n) is 14.7. The molecule has 1 aromatic carbocycles. The molecule has 27 heavy (non-hydrogen) atoms. The highest BCUT2D eigenvalue weighted by molar-refractivity contribution is 7.99. The SMILES string of the molecule is Cc1ccc(NC(=O)CSc2nnc(-c3ccco3)n2CCC(N)=O)cc1. The summed E-state index contributed by atoms with van der Waals surface area (Å²) >= 11 is 1.23. The van der Waals surface area contributed by atoms with E-state index in [1.807, 2.05) is 31.2 Å². The van der Waals surface area contributed by atoms with Gasteiger partial charge in [0.15, 0.2) is 16.7 Å². The number of nitrogens with one attached hydrogen (secondary N) is 1. The molecule has 0 bridgehead atoms. The number of rotatable bonds is 8. The number of nitrogens with two attached hydrogens (primary N) is 1. The van der Waals surface area contributed by atoms with Crippen LogP contribution in [0.4, 0.5) is 5.69 Å². The Morgan fingerprint density at radius 3 is 2.67 bits per heavy atom. The summed E-state index contributed by atoms with van der Waals surface area (Å²) < 4.78 is 7.10. The first-order valence-electron chi connectivity index (χ1n) is 8.27. The lowest BCUT2D eigenvalue weighted by atomic mass is 10.2. The number of amides is 2. The molecule has 0 spiro atoms. The maximum atomic E-state index is 12.2. The number of furan rings is 1. The van der Waals surface area contributed by atoms with Crippen LogP contribution in [-0.4, -0.2) is 32.3 Å². The number of aryl methyl sites for hydroxylation is 1. The lowest BCUT2D eigenvalue weighted by Gasteiger charge is -2.08. The Hall–Kier alpha value is -3.07. The fourth-order valence-electron chi connectivity index (χ4n) is 2.37. The summed E-state index contributed by atoms with van der Waals surface area (Å²) in [4.78, 5) is 23.4. The van der Waals surface area contributed by atoms with E-state index < -0.39 is 5.91 Å². The summed E-state index contributed by atoms with van der Waals surface area (Å²) in [5.74, 6) is 0.585. The minimum absolute atomic E-state index is 0.134. The van der Waals surface area contributed by atoms with E-state index in [9.17, 15) is 9.59 Å². The van der Waals surface area contributed by atoms with Crippen LogP contribution < -0.4 is 11.1 Å². The molecule has 0 radical (unpaired) electrons. The van der Waals surface area contributed by atoms with Crippen molar-refractivity contribution >= 4 is 29.3 Å². The molecular weight excluding hydrogens is 366 g/mol. The van der Waals surface area contributed by atoms with Crippen molar-refractivity contribution < 1.29 is 14.0 Å². The van der Waals surface area contributed by atoms with Crippen LogP contribution in [0.3, 0.4) is 0 Å². The van der Waals surface area contributed by atoms with Gasteiger partial charge in [0.1, 0.15) is 0 Å².